The maximum Gasteiger partial charge on any atom is 0.304 e. The lowest BCUT2D eigenvalue weighted by molar-refractivity contribution is -0.136. The molecule has 0 heterocycles. The number of rotatable bonds is 16. The van der Waals surface area contributed by atoms with Crippen LogP contribution >= 0.6 is 24.0 Å². The molecule has 0 amide bonds. The molecule has 0 saturated heterocycles. The monoisotopic (exact) mass is 451 g/mol. The number of unbranched alkanes of at least 4 members (excludes halogenated alkanes) is 8. The maximum atomic E-state index is 10.7. The Morgan fingerprint density at radius 3 is 2.10 bits per heavy atom. The van der Waals surface area contributed by atoms with Gasteiger partial charge in [-0.15, -0.1) is 11.8 Å². The van der Waals surface area contributed by atoms with E-state index in [0.29, 0.717) is 11.2 Å². The minimum atomic E-state index is -0.760. The summed E-state index contributed by atoms with van der Waals surface area (Å²) >= 11 is 7.08. The Hall–Kier alpha value is -1.07. The van der Waals surface area contributed by atoms with Crippen molar-refractivity contribution in [3.05, 3.63) is 24.3 Å². The zero-order valence-electron chi connectivity index (χ0n) is 19.2. The number of hydrogen-bond acceptors (Lipinski definition) is 3. The number of carboxylic acid groups (broad SMARTS) is 1. The predicted octanol–water partition coefficient (Wildman–Crippen LogP) is 8.33. The summed E-state index contributed by atoms with van der Waals surface area (Å²) in [4.78, 5) is 12.6. The van der Waals surface area contributed by atoms with Crippen LogP contribution in [0.1, 0.15) is 97.8 Å². The van der Waals surface area contributed by atoms with Crippen molar-refractivity contribution in [1.82, 2.24) is 0 Å². The van der Waals surface area contributed by atoms with Gasteiger partial charge in [0.15, 0.2) is 0 Å². The van der Waals surface area contributed by atoms with Crippen LogP contribution in [0.2, 0.25) is 0 Å². The Morgan fingerprint density at radius 2 is 1.50 bits per heavy atom. The summed E-state index contributed by atoms with van der Waals surface area (Å²) in [6, 6.07) is 7.98. The van der Waals surface area contributed by atoms with Gasteiger partial charge in [-0.25, -0.2) is 0 Å². The fourth-order valence-corrected chi connectivity index (χ4v) is 4.54. The number of thiocarbonyl (C=S) groups is 1. The number of carboxylic acids is 1. The molecule has 5 heteroatoms. The molecule has 0 saturated carbocycles. The molecule has 0 unspecified atom stereocenters. The van der Waals surface area contributed by atoms with Gasteiger partial charge < -0.3 is 10.4 Å². The standard InChI is InChI=1S/C25H41NO2S2/c1-25(2,3)19-14-10-8-6-4-5-7-9-11-17-23(29)26-21-15-12-13-16-22(21)30-20-18-24(27)28/h12-13,15-16H,4-11,14,17-20H2,1-3H3,(H,26,29)(H,27,28). The van der Waals surface area contributed by atoms with E-state index in [1.807, 2.05) is 24.3 Å². The Morgan fingerprint density at radius 1 is 0.933 bits per heavy atom. The van der Waals surface area contributed by atoms with Crippen molar-refractivity contribution in [1.29, 1.82) is 0 Å². The molecule has 170 valence electrons. The normalized spacial score (nSPS) is 11.4. The molecule has 2 N–H and O–H groups in total. The van der Waals surface area contributed by atoms with Crippen LogP contribution < -0.4 is 5.32 Å². The van der Waals surface area contributed by atoms with Gasteiger partial charge in [0.25, 0.3) is 0 Å². The lowest BCUT2D eigenvalue weighted by Crippen LogP contribution is -2.09. The van der Waals surface area contributed by atoms with Crippen molar-refractivity contribution in [2.24, 2.45) is 5.41 Å². The van der Waals surface area contributed by atoms with E-state index in [0.717, 1.165) is 28.4 Å². The van der Waals surface area contributed by atoms with E-state index in [1.54, 1.807) is 11.8 Å². The van der Waals surface area contributed by atoms with Crippen LogP contribution in [0.15, 0.2) is 29.2 Å². The van der Waals surface area contributed by atoms with Gasteiger partial charge in [0.1, 0.15) is 0 Å². The van der Waals surface area contributed by atoms with E-state index in [2.05, 4.69) is 26.1 Å². The molecule has 1 rings (SSSR count). The zero-order valence-corrected chi connectivity index (χ0v) is 20.8. The summed E-state index contributed by atoms with van der Waals surface area (Å²) in [6.45, 7) is 6.98. The minimum Gasteiger partial charge on any atom is -0.481 e. The molecule has 0 aliphatic carbocycles. The first kappa shape index (κ1) is 27.0. The molecule has 0 spiro atoms. The van der Waals surface area contributed by atoms with Crippen LogP contribution in [0.25, 0.3) is 0 Å². The van der Waals surface area contributed by atoms with Crippen molar-refractivity contribution < 1.29 is 9.90 Å². The highest BCUT2D eigenvalue weighted by Crippen LogP contribution is 2.28. The number of hydrogen-bond donors (Lipinski definition) is 2. The van der Waals surface area contributed by atoms with Gasteiger partial charge in [-0.3, -0.25) is 4.79 Å². The van der Waals surface area contributed by atoms with E-state index in [-0.39, 0.29) is 6.42 Å². The number of carbonyl (C=O) groups is 1. The first-order chi connectivity index (χ1) is 14.3. The summed E-state index contributed by atoms with van der Waals surface area (Å²) in [5.74, 6) is -0.193. The molecular formula is C25H41NO2S2. The molecule has 30 heavy (non-hydrogen) atoms. The number of benzene rings is 1. The molecule has 1 aromatic rings. The SMILES string of the molecule is CC(C)(C)CCCCCCCCCCCC(=S)Nc1ccccc1SCCC(=O)O. The average molecular weight is 452 g/mol. The van der Waals surface area contributed by atoms with Crippen molar-refractivity contribution in [2.45, 2.75) is 103 Å². The third-order valence-electron chi connectivity index (χ3n) is 5.07. The van der Waals surface area contributed by atoms with Gasteiger partial charge in [-0.1, -0.05) is 96.5 Å². The Labute approximate surface area is 193 Å². The third kappa shape index (κ3) is 14.8. The number of aliphatic carboxylic acids is 1. The van der Waals surface area contributed by atoms with Gasteiger partial charge in [0, 0.05) is 10.6 Å². The van der Waals surface area contributed by atoms with Crippen LogP contribution in [-0.2, 0) is 4.79 Å². The molecule has 1 aromatic carbocycles. The second-order valence-corrected chi connectivity index (χ2v) is 10.9. The second-order valence-electron chi connectivity index (χ2n) is 9.28. The van der Waals surface area contributed by atoms with Crippen molar-refractivity contribution in [3.8, 4) is 0 Å². The van der Waals surface area contributed by atoms with Crippen LogP contribution in [0.4, 0.5) is 5.69 Å². The number of anilines is 1. The first-order valence-electron chi connectivity index (χ1n) is 11.5. The Balaban J connectivity index is 2.08. The Kier molecular flexibility index (Phi) is 14.1. The summed E-state index contributed by atoms with van der Waals surface area (Å²) in [6.07, 6.45) is 14.3. The number of nitrogens with one attached hydrogen (secondary N) is 1. The molecule has 0 aliphatic rings. The molecule has 0 aliphatic heterocycles. The highest BCUT2D eigenvalue weighted by molar-refractivity contribution is 7.99. The summed E-state index contributed by atoms with van der Waals surface area (Å²) in [5, 5.41) is 12.2. The van der Waals surface area contributed by atoms with Gasteiger partial charge in [0.2, 0.25) is 0 Å². The van der Waals surface area contributed by atoms with Gasteiger partial charge in [-0.05, 0) is 36.8 Å². The molecule has 0 fully saturated rings. The van der Waals surface area contributed by atoms with E-state index in [1.165, 1.54) is 57.8 Å². The summed E-state index contributed by atoms with van der Waals surface area (Å²) in [7, 11) is 0. The van der Waals surface area contributed by atoms with Gasteiger partial charge >= 0.3 is 5.97 Å². The molecule has 3 nitrogen and oxygen atoms in total. The fraction of sp³-hybridized carbons (Fsp3) is 0.680. The van der Waals surface area contributed by atoms with Crippen LogP contribution in [-0.4, -0.2) is 21.8 Å². The molecule has 0 radical (unpaired) electrons. The average Bonchev–Trinajstić information content (AvgIpc) is 2.66. The first-order valence-corrected chi connectivity index (χ1v) is 12.9. The van der Waals surface area contributed by atoms with E-state index >= 15 is 0 Å². The highest BCUT2D eigenvalue weighted by Gasteiger charge is 2.09. The van der Waals surface area contributed by atoms with Gasteiger partial charge in [-0.2, -0.15) is 0 Å². The van der Waals surface area contributed by atoms with E-state index in [4.69, 9.17) is 17.3 Å². The fourth-order valence-electron chi connectivity index (χ4n) is 3.34. The smallest absolute Gasteiger partial charge is 0.304 e. The van der Waals surface area contributed by atoms with Crippen molar-refractivity contribution in [2.75, 3.05) is 11.1 Å². The lowest BCUT2D eigenvalue weighted by Gasteiger charge is -2.17. The lowest BCUT2D eigenvalue weighted by atomic mass is 9.89. The largest absolute Gasteiger partial charge is 0.481 e. The maximum absolute atomic E-state index is 10.7. The van der Waals surface area contributed by atoms with E-state index in [9.17, 15) is 4.79 Å². The molecule has 0 atom stereocenters. The van der Waals surface area contributed by atoms with Gasteiger partial charge in [0.05, 0.1) is 17.1 Å². The summed E-state index contributed by atoms with van der Waals surface area (Å²) in [5.41, 5.74) is 1.47. The van der Waals surface area contributed by atoms with E-state index < -0.39 is 5.97 Å². The molecular weight excluding hydrogens is 410 g/mol. The quantitative estimate of drug-likeness (QED) is 0.150. The molecule has 0 bridgehead atoms. The van der Waals surface area contributed by atoms with Crippen molar-refractivity contribution >= 4 is 40.6 Å². The number of para-hydroxylation sites is 1. The highest BCUT2D eigenvalue weighted by atomic mass is 32.2. The third-order valence-corrected chi connectivity index (χ3v) is 6.45. The second kappa shape index (κ2) is 15.7. The predicted molar refractivity (Wildman–Crippen MR) is 136 cm³/mol. The van der Waals surface area contributed by atoms with Crippen LogP contribution in [0, 0.1) is 5.41 Å². The summed E-state index contributed by atoms with van der Waals surface area (Å²) < 4.78 is 0. The Bertz CT molecular complexity index is 626. The van der Waals surface area contributed by atoms with Crippen LogP contribution in [0.5, 0.6) is 0 Å². The topological polar surface area (TPSA) is 49.3 Å². The number of thioether (sulfide) groups is 1. The van der Waals surface area contributed by atoms with Crippen LogP contribution in [0.3, 0.4) is 0 Å². The van der Waals surface area contributed by atoms with Crippen molar-refractivity contribution in [3.63, 3.8) is 0 Å². The zero-order chi connectivity index (χ0) is 22.2. The minimum absolute atomic E-state index is 0.167. The molecule has 0 aromatic heterocycles.